The van der Waals surface area contributed by atoms with Crippen LogP contribution in [-0.2, 0) is 0 Å². The fourth-order valence-electron chi connectivity index (χ4n) is 1.66. The first-order valence-electron chi connectivity index (χ1n) is 5.13. The SMILES string of the molecule is Fc1cc(F)c(C(Cl)c2ccc(Cl)cc2Cl)c(F)c1. The minimum absolute atomic E-state index is 0.177. The van der Waals surface area contributed by atoms with E-state index in [1.165, 1.54) is 18.2 Å². The van der Waals surface area contributed by atoms with Gasteiger partial charge in [0.25, 0.3) is 0 Å². The van der Waals surface area contributed by atoms with Crippen LogP contribution in [0.4, 0.5) is 13.2 Å². The molecule has 0 spiro atoms. The third-order valence-electron chi connectivity index (χ3n) is 2.53. The second-order valence-electron chi connectivity index (χ2n) is 3.81. The average Bonchev–Trinajstić information content (AvgIpc) is 2.26. The van der Waals surface area contributed by atoms with Crippen molar-refractivity contribution in [1.82, 2.24) is 0 Å². The van der Waals surface area contributed by atoms with Crippen LogP contribution in [0.1, 0.15) is 16.5 Å². The molecule has 6 heteroatoms. The van der Waals surface area contributed by atoms with Crippen LogP contribution in [0, 0.1) is 17.5 Å². The molecule has 0 heterocycles. The van der Waals surface area contributed by atoms with Gasteiger partial charge >= 0.3 is 0 Å². The van der Waals surface area contributed by atoms with Gasteiger partial charge in [-0.25, -0.2) is 13.2 Å². The highest BCUT2D eigenvalue weighted by atomic mass is 35.5. The lowest BCUT2D eigenvalue weighted by Crippen LogP contribution is -2.03. The van der Waals surface area contributed by atoms with Gasteiger partial charge in [-0.1, -0.05) is 29.3 Å². The predicted molar refractivity (Wildman–Crippen MR) is 70.5 cm³/mol. The van der Waals surface area contributed by atoms with Crippen LogP contribution in [0.5, 0.6) is 0 Å². The molecule has 19 heavy (non-hydrogen) atoms. The first-order chi connectivity index (χ1) is 8.90. The molecule has 1 unspecified atom stereocenters. The van der Waals surface area contributed by atoms with Gasteiger partial charge in [-0.2, -0.15) is 0 Å². The van der Waals surface area contributed by atoms with Crippen molar-refractivity contribution in [2.24, 2.45) is 0 Å². The molecule has 0 aliphatic heterocycles. The Morgan fingerprint density at radius 3 is 2.00 bits per heavy atom. The maximum Gasteiger partial charge on any atom is 0.134 e. The minimum Gasteiger partial charge on any atom is -0.207 e. The molecule has 100 valence electrons. The first-order valence-corrected chi connectivity index (χ1v) is 6.33. The number of hydrogen-bond acceptors (Lipinski definition) is 0. The Morgan fingerprint density at radius 2 is 1.47 bits per heavy atom. The van der Waals surface area contributed by atoms with Gasteiger partial charge in [0.15, 0.2) is 0 Å². The fraction of sp³-hybridized carbons (Fsp3) is 0.0769. The Balaban J connectivity index is 2.53. The minimum atomic E-state index is -1.18. The molecule has 2 rings (SSSR count). The summed E-state index contributed by atoms with van der Waals surface area (Å²) < 4.78 is 40.1. The molecule has 0 radical (unpaired) electrons. The molecule has 0 aliphatic rings. The summed E-state index contributed by atoms with van der Waals surface area (Å²) >= 11 is 17.7. The highest BCUT2D eigenvalue weighted by Crippen LogP contribution is 2.37. The van der Waals surface area contributed by atoms with Crippen molar-refractivity contribution >= 4 is 34.8 Å². The van der Waals surface area contributed by atoms with E-state index in [1.54, 1.807) is 0 Å². The van der Waals surface area contributed by atoms with Gasteiger partial charge in [0.05, 0.1) is 5.38 Å². The lowest BCUT2D eigenvalue weighted by Gasteiger charge is -2.14. The summed E-state index contributed by atoms with van der Waals surface area (Å²) in [6.45, 7) is 0. The molecule has 0 nitrogen and oxygen atoms in total. The second kappa shape index (κ2) is 5.61. The first kappa shape index (κ1) is 14.5. The van der Waals surface area contributed by atoms with Gasteiger partial charge in [-0.15, -0.1) is 11.6 Å². The van der Waals surface area contributed by atoms with Crippen LogP contribution >= 0.6 is 34.8 Å². The van der Waals surface area contributed by atoms with E-state index >= 15 is 0 Å². The van der Waals surface area contributed by atoms with Crippen molar-refractivity contribution in [3.05, 3.63) is 69.0 Å². The Morgan fingerprint density at radius 1 is 0.895 bits per heavy atom. The summed E-state index contributed by atoms with van der Waals surface area (Å²) in [5.74, 6) is -3.14. The van der Waals surface area contributed by atoms with Crippen molar-refractivity contribution in [2.45, 2.75) is 5.38 Å². The summed E-state index contributed by atoms with van der Waals surface area (Å²) in [4.78, 5) is 0. The van der Waals surface area contributed by atoms with E-state index in [1.807, 2.05) is 0 Å². The maximum absolute atomic E-state index is 13.6. The Labute approximate surface area is 122 Å². The molecule has 1 atom stereocenters. The van der Waals surface area contributed by atoms with E-state index in [-0.39, 0.29) is 10.6 Å². The highest BCUT2D eigenvalue weighted by molar-refractivity contribution is 6.36. The summed E-state index contributed by atoms with van der Waals surface area (Å²) in [6.07, 6.45) is 0. The normalized spacial score (nSPS) is 12.5. The van der Waals surface area contributed by atoms with Crippen LogP contribution in [-0.4, -0.2) is 0 Å². The molecule has 2 aromatic carbocycles. The molecular formula is C13H6Cl3F3. The fourth-order valence-corrected chi connectivity index (χ4v) is 2.63. The Bertz CT molecular complexity index is 606. The van der Waals surface area contributed by atoms with Crippen LogP contribution in [0.15, 0.2) is 30.3 Å². The zero-order valence-corrected chi connectivity index (χ0v) is 11.5. The monoisotopic (exact) mass is 324 g/mol. The van der Waals surface area contributed by atoms with Crippen LogP contribution in [0.2, 0.25) is 10.0 Å². The Hall–Kier alpha value is -0.900. The van der Waals surface area contributed by atoms with Gasteiger partial charge in [0, 0.05) is 27.7 Å². The van der Waals surface area contributed by atoms with E-state index in [4.69, 9.17) is 34.8 Å². The van der Waals surface area contributed by atoms with E-state index in [2.05, 4.69) is 0 Å². The highest BCUT2D eigenvalue weighted by Gasteiger charge is 2.23. The molecule has 0 fully saturated rings. The van der Waals surface area contributed by atoms with Gasteiger partial charge in [0.2, 0.25) is 0 Å². The smallest absolute Gasteiger partial charge is 0.134 e. The molecule has 0 amide bonds. The number of benzene rings is 2. The molecule has 0 bridgehead atoms. The molecule has 0 saturated carbocycles. The number of alkyl halides is 1. The average molecular weight is 326 g/mol. The number of rotatable bonds is 2. The number of hydrogen-bond donors (Lipinski definition) is 0. The van der Waals surface area contributed by atoms with E-state index in [0.29, 0.717) is 17.2 Å². The Kier molecular flexibility index (Phi) is 4.29. The van der Waals surface area contributed by atoms with E-state index < -0.39 is 28.4 Å². The van der Waals surface area contributed by atoms with Crippen molar-refractivity contribution in [3.63, 3.8) is 0 Å². The molecule has 2 aromatic rings. The topological polar surface area (TPSA) is 0 Å². The van der Waals surface area contributed by atoms with Gasteiger partial charge in [0.1, 0.15) is 17.5 Å². The lowest BCUT2D eigenvalue weighted by molar-refractivity contribution is 0.526. The molecule has 0 aromatic heterocycles. The van der Waals surface area contributed by atoms with E-state index in [9.17, 15) is 13.2 Å². The predicted octanol–water partition coefficient (Wildman–Crippen LogP) is 5.74. The number of halogens is 6. The lowest BCUT2D eigenvalue weighted by atomic mass is 10.0. The summed E-state index contributed by atoms with van der Waals surface area (Å²) in [6, 6.07) is 5.50. The van der Waals surface area contributed by atoms with Crippen LogP contribution in [0.3, 0.4) is 0 Å². The quantitative estimate of drug-likeness (QED) is 0.618. The van der Waals surface area contributed by atoms with Crippen LogP contribution < -0.4 is 0 Å². The second-order valence-corrected chi connectivity index (χ2v) is 5.09. The van der Waals surface area contributed by atoms with Gasteiger partial charge < -0.3 is 0 Å². The van der Waals surface area contributed by atoms with Crippen LogP contribution in [0.25, 0.3) is 0 Å². The molecule has 0 saturated heterocycles. The maximum atomic E-state index is 13.6. The van der Waals surface area contributed by atoms with Crippen molar-refractivity contribution < 1.29 is 13.2 Å². The van der Waals surface area contributed by atoms with Gasteiger partial charge in [-0.3, -0.25) is 0 Å². The molecule has 0 aliphatic carbocycles. The van der Waals surface area contributed by atoms with Crippen molar-refractivity contribution in [2.75, 3.05) is 0 Å². The third kappa shape index (κ3) is 2.99. The zero-order valence-electron chi connectivity index (χ0n) is 9.23. The van der Waals surface area contributed by atoms with Gasteiger partial charge in [-0.05, 0) is 17.7 Å². The zero-order chi connectivity index (χ0) is 14.2. The molecular weight excluding hydrogens is 319 g/mol. The van der Waals surface area contributed by atoms with Crippen molar-refractivity contribution in [3.8, 4) is 0 Å². The van der Waals surface area contributed by atoms with E-state index in [0.717, 1.165) is 0 Å². The molecule has 0 N–H and O–H groups in total. The summed E-state index contributed by atoms with van der Waals surface area (Å²) in [7, 11) is 0. The third-order valence-corrected chi connectivity index (χ3v) is 3.55. The summed E-state index contributed by atoms with van der Waals surface area (Å²) in [5.41, 5.74) is -0.163. The standard InChI is InChI=1S/C13H6Cl3F3/c14-6-1-2-8(9(15)3-6)13(16)12-10(18)4-7(17)5-11(12)19/h1-5,13H. The summed E-state index contributed by atoms with van der Waals surface area (Å²) in [5, 5.41) is -0.626. The van der Waals surface area contributed by atoms with Crippen molar-refractivity contribution in [1.29, 1.82) is 0 Å². The largest absolute Gasteiger partial charge is 0.207 e.